The molecule has 0 fully saturated rings. The van der Waals surface area contributed by atoms with Crippen LogP contribution in [0.3, 0.4) is 0 Å². The van der Waals surface area contributed by atoms with Crippen LogP contribution in [0.5, 0.6) is 0 Å². The first-order valence-electron chi connectivity index (χ1n) is 2.91. The van der Waals surface area contributed by atoms with Gasteiger partial charge in [-0.25, -0.2) is 0 Å². The molecule has 2 atom stereocenters. The van der Waals surface area contributed by atoms with E-state index in [1.54, 1.807) is 6.08 Å². The van der Waals surface area contributed by atoms with E-state index >= 15 is 0 Å². The Bertz CT molecular complexity index is 127. The number of ether oxygens (including phenoxy) is 1. The minimum absolute atomic E-state index is 0.269. The molecule has 1 N–H and O–H groups in total. The summed E-state index contributed by atoms with van der Waals surface area (Å²) in [4.78, 5) is 10.8. The van der Waals surface area contributed by atoms with E-state index in [1.807, 2.05) is 0 Å². The molecule has 0 aromatic rings. The Morgan fingerprint density at radius 2 is 2.60 bits per heavy atom. The van der Waals surface area contributed by atoms with Crippen LogP contribution in [-0.4, -0.2) is 19.1 Å². The third kappa shape index (κ3) is 2.95. The second-order valence-electron chi connectivity index (χ2n) is 1.77. The van der Waals surface area contributed by atoms with Crippen LogP contribution in [0.1, 0.15) is 6.42 Å². The van der Waals surface area contributed by atoms with Crippen molar-refractivity contribution in [2.45, 2.75) is 12.5 Å². The number of methoxy groups -OCH3 is 1. The molecule has 0 spiro atoms. The van der Waals surface area contributed by atoms with Gasteiger partial charge in [0.1, 0.15) is 6.04 Å². The van der Waals surface area contributed by atoms with Crippen LogP contribution in [0, 0.1) is 0 Å². The van der Waals surface area contributed by atoms with Crippen LogP contribution < -0.4 is 5.09 Å². The zero-order valence-corrected chi connectivity index (χ0v) is 7.12. The molecule has 0 amide bonds. The van der Waals surface area contributed by atoms with Crippen LogP contribution in [0.4, 0.5) is 0 Å². The van der Waals surface area contributed by atoms with Crippen molar-refractivity contribution in [2.75, 3.05) is 7.11 Å². The predicted molar refractivity (Wildman–Crippen MR) is 43.5 cm³/mol. The Hall–Kier alpha value is -0.400. The van der Waals surface area contributed by atoms with Gasteiger partial charge in [-0.3, -0.25) is 9.88 Å². The van der Waals surface area contributed by atoms with Gasteiger partial charge in [0, 0.05) is 0 Å². The molecule has 58 valence electrons. The van der Waals surface area contributed by atoms with E-state index in [-0.39, 0.29) is 12.0 Å². The van der Waals surface area contributed by atoms with Crippen molar-refractivity contribution in [3.8, 4) is 0 Å². The van der Waals surface area contributed by atoms with Crippen molar-refractivity contribution in [1.82, 2.24) is 5.09 Å². The smallest absolute Gasteiger partial charge is 0.323 e. The number of hydrogen-bond acceptors (Lipinski definition) is 3. The van der Waals surface area contributed by atoms with Gasteiger partial charge in [0.2, 0.25) is 0 Å². The zero-order chi connectivity index (χ0) is 7.98. The highest BCUT2D eigenvalue weighted by molar-refractivity contribution is 7.13. The van der Waals surface area contributed by atoms with Crippen LogP contribution in [0.15, 0.2) is 12.7 Å². The molecular weight excluding hydrogens is 149 g/mol. The lowest BCUT2D eigenvalue weighted by atomic mass is 10.2. The summed E-state index contributed by atoms with van der Waals surface area (Å²) < 4.78 is 4.49. The standard InChI is InChI=1S/C6H12NO2P/c1-3-4-5(7-10)6(8)9-2/h3,5,7H,1,4,10H2,2H3. The first-order chi connectivity index (χ1) is 4.76. The fourth-order valence-electron chi connectivity index (χ4n) is 0.541. The Balaban J connectivity index is 3.79. The Morgan fingerprint density at radius 3 is 2.90 bits per heavy atom. The molecule has 10 heavy (non-hydrogen) atoms. The van der Waals surface area contributed by atoms with Gasteiger partial charge in [0.05, 0.1) is 7.11 Å². The van der Waals surface area contributed by atoms with E-state index < -0.39 is 0 Å². The van der Waals surface area contributed by atoms with Crippen molar-refractivity contribution in [3.05, 3.63) is 12.7 Å². The maximum Gasteiger partial charge on any atom is 0.323 e. The number of carbonyl (C=O) groups is 1. The average molecular weight is 161 g/mol. The lowest BCUT2D eigenvalue weighted by Crippen LogP contribution is -2.30. The third-order valence-corrected chi connectivity index (χ3v) is 1.49. The van der Waals surface area contributed by atoms with E-state index in [1.165, 1.54) is 7.11 Å². The Morgan fingerprint density at radius 1 is 2.00 bits per heavy atom. The van der Waals surface area contributed by atoms with Crippen LogP contribution >= 0.6 is 9.39 Å². The van der Waals surface area contributed by atoms with Gasteiger partial charge in [0.25, 0.3) is 0 Å². The van der Waals surface area contributed by atoms with Gasteiger partial charge in [-0.05, 0) is 6.42 Å². The van der Waals surface area contributed by atoms with Crippen LogP contribution in [0.2, 0.25) is 0 Å². The van der Waals surface area contributed by atoms with E-state index in [9.17, 15) is 4.79 Å². The van der Waals surface area contributed by atoms with Gasteiger partial charge in [-0.15, -0.1) is 6.58 Å². The summed E-state index contributed by atoms with van der Waals surface area (Å²) >= 11 is 0. The highest BCUT2D eigenvalue weighted by Gasteiger charge is 2.13. The molecule has 0 heterocycles. The number of rotatable bonds is 4. The van der Waals surface area contributed by atoms with Crippen molar-refractivity contribution >= 4 is 15.4 Å². The highest BCUT2D eigenvalue weighted by Crippen LogP contribution is 1.96. The predicted octanol–water partition coefficient (Wildman–Crippen LogP) is 0.484. The number of nitrogens with one attached hydrogen (secondary N) is 1. The topological polar surface area (TPSA) is 38.3 Å². The van der Waals surface area contributed by atoms with E-state index in [4.69, 9.17) is 0 Å². The van der Waals surface area contributed by atoms with E-state index in [2.05, 4.69) is 25.8 Å². The van der Waals surface area contributed by atoms with Crippen LogP contribution in [0.25, 0.3) is 0 Å². The lowest BCUT2D eigenvalue weighted by Gasteiger charge is -2.09. The molecule has 4 heteroatoms. The van der Waals surface area contributed by atoms with Crippen molar-refractivity contribution in [2.24, 2.45) is 0 Å². The molecule has 3 nitrogen and oxygen atoms in total. The largest absolute Gasteiger partial charge is 0.468 e. The minimum atomic E-state index is -0.285. The summed E-state index contributed by atoms with van der Waals surface area (Å²) in [5.41, 5.74) is 0. The SMILES string of the molecule is C=CCC(NP)C(=O)OC. The van der Waals surface area contributed by atoms with E-state index in [0.717, 1.165) is 0 Å². The molecule has 0 aliphatic rings. The highest BCUT2D eigenvalue weighted by atomic mass is 31.0. The van der Waals surface area contributed by atoms with Gasteiger partial charge in [0.15, 0.2) is 0 Å². The van der Waals surface area contributed by atoms with E-state index in [0.29, 0.717) is 6.42 Å². The normalized spacial score (nSPS) is 12.2. The maximum atomic E-state index is 10.8. The average Bonchev–Trinajstić information content (AvgIpc) is 1.99. The van der Waals surface area contributed by atoms with Gasteiger partial charge in [-0.1, -0.05) is 15.5 Å². The van der Waals surface area contributed by atoms with Gasteiger partial charge < -0.3 is 4.74 Å². The summed E-state index contributed by atoms with van der Waals surface area (Å²) in [5, 5.41) is 2.72. The Kier molecular flexibility index (Phi) is 5.17. The first-order valence-corrected chi connectivity index (χ1v) is 3.48. The van der Waals surface area contributed by atoms with Gasteiger partial charge in [-0.2, -0.15) is 0 Å². The summed E-state index contributed by atoms with van der Waals surface area (Å²) in [6.45, 7) is 3.51. The summed E-state index contributed by atoms with van der Waals surface area (Å²) in [5.74, 6) is -0.269. The van der Waals surface area contributed by atoms with Gasteiger partial charge >= 0.3 is 5.97 Å². The third-order valence-electron chi connectivity index (χ3n) is 1.09. The second kappa shape index (κ2) is 5.39. The zero-order valence-electron chi connectivity index (χ0n) is 5.96. The molecule has 0 saturated heterocycles. The fourth-order valence-corrected chi connectivity index (χ4v) is 0.813. The Labute approximate surface area is 63.1 Å². The molecular formula is C6H12NO2P. The molecule has 0 radical (unpaired) electrons. The van der Waals surface area contributed by atoms with Crippen molar-refractivity contribution in [3.63, 3.8) is 0 Å². The summed E-state index contributed by atoms with van der Waals surface area (Å²) in [7, 11) is 3.63. The molecule has 0 aromatic heterocycles. The first kappa shape index (κ1) is 9.60. The maximum absolute atomic E-state index is 10.8. The molecule has 0 rings (SSSR count). The molecule has 0 aliphatic carbocycles. The number of carbonyl (C=O) groups excluding carboxylic acids is 1. The molecule has 0 aromatic carbocycles. The number of esters is 1. The van der Waals surface area contributed by atoms with Crippen molar-refractivity contribution < 1.29 is 9.53 Å². The van der Waals surface area contributed by atoms with Crippen molar-refractivity contribution in [1.29, 1.82) is 0 Å². The summed E-state index contributed by atoms with van der Waals surface area (Å²) in [6, 6.07) is -0.285. The molecule has 0 bridgehead atoms. The summed E-state index contributed by atoms with van der Waals surface area (Å²) in [6.07, 6.45) is 2.24. The number of hydrogen-bond donors (Lipinski definition) is 1. The monoisotopic (exact) mass is 161 g/mol. The molecule has 0 saturated carbocycles. The van der Waals surface area contributed by atoms with Crippen LogP contribution in [-0.2, 0) is 9.53 Å². The molecule has 0 aliphatic heterocycles. The fraction of sp³-hybridized carbons (Fsp3) is 0.500. The lowest BCUT2D eigenvalue weighted by molar-refractivity contribution is -0.142. The minimum Gasteiger partial charge on any atom is -0.468 e. The second-order valence-corrected chi connectivity index (χ2v) is 2.10. The quantitative estimate of drug-likeness (QED) is 0.370. The molecule has 2 unspecified atom stereocenters.